The van der Waals surface area contributed by atoms with Gasteiger partial charge in [0.2, 0.25) is 0 Å². The molecule has 7 nitrogen and oxygen atoms in total. The van der Waals surface area contributed by atoms with Crippen molar-refractivity contribution in [2.45, 2.75) is 24.9 Å². The van der Waals surface area contributed by atoms with E-state index in [1.165, 1.54) is 19.4 Å². The molecular weight excluding hydrogens is 431 g/mol. The Morgan fingerprint density at radius 2 is 1.90 bits per heavy atom. The summed E-state index contributed by atoms with van der Waals surface area (Å²) in [6.45, 7) is 1.72. The van der Waals surface area contributed by atoms with Crippen LogP contribution in [0.4, 0.5) is 13.2 Å². The highest BCUT2D eigenvalue weighted by atomic mass is 35.5. The first-order valence-corrected chi connectivity index (χ1v) is 10.2. The second kappa shape index (κ2) is 7.88. The summed E-state index contributed by atoms with van der Waals surface area (Å²) in [5.74, 6) is 0.723. The van der Waals surface area contributed by atoms with Crippen LogP contribution in [-0.2, 0) is 38.1 Å². The Bertz CT molecular complexity index is 1050. The van der Waals surface area contributed by atoms with Gasteiger partial charge in [-0.05, 0) is 30.7 Å². The predicted octanol–water partition coefficient (Wildman–Crippen LogP) is 3.51. The van der Waals surface area contributed by atoms with Gasteiger partial charge in [0, 0.05) is 35.9 Å². The van der Waals surface area contributed by atoms with Crippen LogP contribution in [0.2, 0.25) is 5.02 Å². The monoisotopic (exact) mass is 447 g/mol. The third-order valence-corrected chi connectivity index (χ3v) is 5.52. The molecule has 0 aliphatic carbocycles. The first-order valence-electron chi connectivity index (χ1n) is 8.25. The van der Waals surface area contributed by atoms with Crippen LogP contribution in [0.3, 0.4) is 0 Å². The van der Waals surface area contributed by atoms with E-state index >= 15 is 0 Å². The molecule has 1 aromatic carbocycles. The van der Waals surface area contributed by atoms with Gasteiger partial charge in [0.05, 0.1) is 5.69 Å². The number of halogens is 4. The number of hydrogen-bond acceptors (Lipinski definition) is 5. The zero-order chi connectivity index (χ0) is 21.5. The van der Waals surface area contributed by atoms with Gasteiger partial charge in [0.15, 0.2) is 11.5 Å². The van der Waals surface area contributed by atoms with E-state index in [2.05, 4.69) is 15.3 Å². The van der Waals surface area contributed by atoms with Crippen LogP contribution in [0.1, 0.15) is 17.1 Å². The van der Waals surface area contributed by atoms with Crippen LogP contribution in [0.25, 0.3) is 11.3 Å². The Labute approximate surface area is 172 Å². The standard InChI is InChI=1S/C17H17ClF3N5O2S/c1-9-5-13(28-8-15-22-23-16(25(15)2)29(4)27)10(6-11(9)18)12-7-14(17(19,20)21)24-26(12)3/h5-7H,8H2,1-4H3. The molecule has 0 saturated heterocycles. The minimum atomic E-state index is -4.57. The number of alkyl halides is 3. The number of ether oxygens (including phenoxy) is 1. The van der Waals surface area contributed by atoms with Crippen molar-refractivity contribution in [2.75, 3.05) is 6.26 Å². The summed E-state index contributed by atoms with van der Waals surface area (Å²) < 4.78 is 59.3. The van der Waals surface area contributed by atoms with Crippen molar-refractivity contribution in [2.24, 2.45) is 14.1 Å². The number of aromatic nitrogens is 5. The first kappa shape index (κ1) is 21.5. The molecule has 0 bridgehead atoms. The number of nitrogens with zero attached hydrogens (tertiary/aromatic N) is 5. The van der Waals surface area contributed by atoms with Gasteiger partial charge < -0.3 is 9.29 Å². The molecule has 0 saturated carbocycles. The van der Waals surface area contributed by atoms with Gasteiger partial charge in [0.25, 0.3) is 0 Å². The molecule has 2 aromatic heterocycles. The van der Waals surface area contributed by atoms with Crippen molar-refractivity contribution < 1.29 is 22.5 Å². The lowest BCUT2D eigenvalue weighted by molar-refractivity contribution is -0.141. The fraction of sp³-hybridized carbons (Fsp3) is 0.353. The van der Waals surface area contributed by atoms with E-state index < -0.39 is 23.0 Å². The lowest BCUT2D eigenvalue weighted by atomic mass is 10.1. The fourth-order valence-corrected chi connectivity index (χ4v) is 3.51. The molecule has 1 unspecified atom stereocenters. The quantitative estimate of drug-likeness (QED) is 0.559. The van der Waals surface area contributed by atoms with Crippen LogP contribution in [0, 0.1) is 6.92 Å². The molecule has 0 aliphatic heterocycles. The summed E-state index contributed by atoms with van der Waals surface area (Å²) in [5, 5.41) is 12.0. The maximum absolute atomic E-state index is 13.0. The molecule has 3 aromatic rings. The van der Waals surface area contributed by atoms with E-state index in [4.69, 9.17) is 16.3 Å². The molecular formula is C17H17ClF3N5O2S. The van der Waals surface area contributed by atoms with E-state index in [1.54, 1.807) is 24.6 Å². The highest BCUT2D eigenvalue weighted by Gasteiger charge is 2.35. The summed E-state index contributed by atoms with van der Waals surface area (Å²) in [5.41, 5.74) is 0.230. The minimum Gasteiger partial charge on any atom is -0.609 e. The molecule has 0 fully saturated rings. The maximum atomic E-state index is 13.0. The van der Waals surface area contributed by atoms with Crippen molar-refractivity contribution in [3.63, 3.8) is 0 Å². The zero-order valence-electron chi connectivity index (χ0n) is 15.9. The summed E-state index contributed by atoms with van der Waals surface area (Å²) in [7, 11) is 3.06. The van der Waals surface area contributed by atoms with E-state index in [0.29, 0.717) is 27.7 Å². The lowest BCUT2D eigenvalue weighted by Crippen LogP contribution is -2.10. The van der Waals surface area contributed by atoms with Crippen molar-refractivity contribution in [3.8, 4) is 17.0 Å². The molecule has 156 valence electrons. The lowest BCUT2D eigenvalue weighted by Gasteiger charge is -2.13. The maximum Gasteiger partial charge on any atom is 0.435 e. The Balaban J connectivity index is 1.98. The number of benzene rings is 1. The second-order valence-corrected chi connectivity index (χ2v) is 8.01. The van der Waals surface area contributed by atoms with Gasteiger partial charge >= 0.3 is 11.3 Å². The normalized spacial score (nSPS) is 13.0. The second-order valence-electron chi connectivity index (χ2n) is 6.33. The van der Waals surface area contributed by atoms with Gasteiger partial charge in [0.1, 0.15) is 18.6 Å². The van der Waals surface area contributed by atoms with Crippen LogP contribution in [0.15, 0.2) is 23.4 Å². The van der Waals surface area contributed by atoms with Gasteiger partial charge in [-0.1, -0.05) is 16.7 Å². The Morgan fingerprint density at radius 3 is 2.45 bits per heavy atom. The smallest absolute Gasteiger partial charge is 0.435 e. The highest BCUT2D eigenvalue weighted by molar-refractivity contribution is 7.90. The minimum absolute atomic E-state index is 0.0290. The highest BCUT2D eigenvalue weighted by Crippen LogP contribution is 2.38. The molecule has 2 heterocycles. The SMILES string of the molecule is Cc1cc(OCc2nnc([S+](C)[O-])n2C)c(-c2cc(C(F)(F)F)nn2C)cc1Cl. The molecule has 0 spiro atoms. The van der Waals surface area contributed by atoms with Gasteiger partial charge in [-0.25, -0.2) is 0 Å². The molecule has 3 rings (SSSR count). The van der Waals surface area contributed by atoms with Crippen molar-refractivity contribution in [1.82, 2.24) is 24.5 Å². The van der Waals surface area contributed by atoms with E-state index in [1.807, 2.05) is 0 Å². The molecule has 1 atom stereocenters. The average molecular weight is 448 g/mol. The third kappa shape index (κ3) is 4.36. The van der Waals surface area contributed by atoms with Crippen LogP contribution < -0.4 is 4.74 Å². The van der Waals surface area contributed by atoms with Gasteiger partial charge in [-0.15, -0.1) is 5.10 Å². The summed E-state index contributed by atoms with van der Waals surface area (Å²) in [6.07, 6.45) is -3.09. The Morgan fingerprint density at radius 1 is 1.21 bits per heavy atom. The summed E-state index contributed by atoms with van der Waals surface area (Å²) in [4.78, 5) is 0. The van der Waals surface area contributed by atoms with Crippen molar-refractivity contribution in [1.29, 1.82) is 0 Å². The van der Waals surface area contributed by atoms with Crippen molar-refractivity contribution in [3.05, 3.63) is 40.3 Å². The molecule has 0 aliphatic rings. The van der Waals surface area contributed by atoms with E-state index in [0.717, 1.165) is 10.7 Å². The fourth-order valence-electron chi connectivity index (χ4n) is 2.70. The first-order chi connectivity index (χ1) is 13.5. The molecule has 12 heteroatoms. The number of aryl methyl sites for hydroxylation is 2. The van der Waals surface area contributed by atoms with Crippen molar-refractivity contribution >= 4 is 22.8 Å². The van der Waals surface area contributed by atoms with E-state index in [9.17, 15) is 17.7 Å². The predicted molar refractivity (Wildman–Crippen MR) is 101 cm³/mol. The summed E-state index contributed by atoms with van der Waals surface area (Å²) >= 11 is 4.88. The average Bonchev–Trinajstić information content (AvgIpc) is 3.18. The van der Waals surface area contributed by atoms with Crippen LogP contribution in [-0.4, -0.2) is 35.4 Å². The zero-order valence-corrected chi connectivity index (χ0v) is 17.5. The largest absolute Gasteiger partial charge is 0.609 e. The Hall–Kier alpha value is -2.24. The van der Waals surface area contributed by atoms with Crippen LogP contribution in [0.5, 0.6) is 5.75 Å². The van der Waals surface area contributed by atoms with Crippen LogP contribution >= 0.6 is 11.6 Å². The topological polar surface area (TPSA) is 80.8 Å². The Kier molecular flexibility index (Phi) is 5.84. The number of hydrogen-bond donors (Lipinski definition) is 0. The number of rotatable bonds is 5. The molecule has 0 N–H and O–H groups in total. The molecule has 29 heavy (non-hydrogen) atoms. The third-order valence-electron chi connectivity index (χ3n) is 4.25. The van der Waals surface area contributed by atoms with E-state index in [-0.39, 0.29) is 17.5 Å². The summed E-state index contributed by atoms with van der Waals surface area (Å²) in [6, 6.07) is 4.11. The molecule has 0 amide bonds. The van der Waals surface area contributed by atoms with Gasteiger partial charge in [-0.2, -0.15) is 18.3 Å². The van der Waals surface area contributed by atoms with Gasteiger partial charge in [-0.3, -0.25) is 9.25 Å². The molecule has 0 radical (unpaired) electrons.